The van der Waals surface area contributed by atoms with E-state index in [9.17, 15) is 9.59 Å². The molecule has 4 nitrogen and oxygen atoms in total. The van der Waals surface area contributed by atoms with Crippen LogP contribution in [-0.2, 0) is 11.3 Å². The fourth-order valence-corrected chi connectivity index (χ4v) is 5.45. The number of rotatable bonds is 5. The van der Waals surface area contributed by atoms with Gasteiger partial charge < -0.3 is 10.6 Å². The van der Waals surface area contributed by atoms with Gasteiger partial charge in [-0.3, -0.25) is 9.59 Å². The minimum atomic E-state index is -0.111. The van der Waals surface area contributed by atoms with Gasteiger partial charge in [0.15, 0.2) is 0 Å². The highest BCUT2D eigenvalue weighted by atomic mass is 32.2. The quantitative estimate of drug-likeness (QED) is 0.831. The Morgan fingerprint density at radius 1 is 1.08 bits per heavy atom. The second-order valence-corrected chi connectivity index (χ2v) is 8.48. The van der Waals surface area contributed by atoms with Gasteiger partial charge in [0.25, 0.3) is 5.91 Å². The highest BCUT2D eigenvalue weighted by Crippen LogP contribution is 2.45. The number of carbonyl (C=O) groups excluding carboxylic acids is 2. The molecule has 2 amide bonds. The minimum Gasteiger partial charge on any atom is -0.348 e. The molecule has 6 heteroatoms. The third-order valence-corrected chi connectivity index (χ3v) is 6.87. The summed E-state index contributed by atoms with van der Waals surface area (Å²) in [4.78, 5) is 23.4. The zero-order valence-electron chi connectivity index (χ0n) is 14.0. The number of carbonyl (C=O) groups is 2. The maximum atomic E-state index is 12.3. The van der Waals surface area contributed by atoms with Crippen LogP contribution in [-0.4, -0.2) is 23.3 Å². The fourth-order valence-electron chi connectivity index (χ4n) is 2.59. The van der Waals surface area contributed by atoms with E-state index in [1.807, 2.05) is 72.1 Å². The zero-order chi connectivity index (χ0) is 17.6. The molecule has 0 radical (unpaired) electrons. The molecule has 0 spiro atoms. The van der Waals surface area contributed by atoms with E-state index >= 15 is 0 Å². The molecule has 0 bridgehead atoms. The summed E-state index contributed by atoms with van der Waals surface area (Å²) in [6.07, 6.45) is 0. The molecule has 0 atom stereocenters. The van der Waals surface area contributed by atoms with Gasteiger partial charge in [0.2, 0.25) is 5.91 Å². The molecule has 0 aliphatic carbocycles. The molecule has 2 aromatic carbocycles. The van der Waals surface area contributed by atoms with Gasteiger partial charge in [-0.15, -0.1) is 23.5 Å². The molecule has 1 heterocycles. The average Bonchev–Trinajstić information content (AvgIpc) is 3.14. The largest absolute Gasteiger partial charge is 0.348 e. The minimum absolute atomic E-state index is 0.0943. The highest BCUT2D eigenvalue weighted by molar-refractivity contribution is 8.19. The third-order valence-electron chi connectivity index (χ3n) is 3.77. The van der Waals surface area contributed by atoms with Crippen LogP contribution in [0.2, 0.25) is 0 Å². The summed E-state index contributed by atoms with van der Waals surface area (Å²) < 4.78 is 0.494. The number of thioether (sulfide) groups is 2. The molecule has 0 aromatic heterocycles. The monoisotopic (exact) mass is 372 g/mol. The van der Waals surface area contributed by atoms with Crippen molar-refractivity contribution in [3.63, 3.8) is 0 Å². The normalized spacial score (nSPS) is 14.3. The summed E-state index contributed by atoms with van der Waals surface area (Å²) in [5.74, 6) is 2.17. The maximum absolute atomic E-state index is 12.3. The van der Waals surface area contributed by atoms with Crippen LogP contribution in [0.4, 0.5) is 5.69 Å². The van der Waals surface area contributed by atoms with Gasteiger partial charge in [0, 0.05) is 36.2 Å². The van der Waals surface area contributed by atoms with Gasteiger partial charge in [-0.25, -0.2) is 0 Å². The first kappa shape index (κ1) is 17.9. The molecule has 130 valence electrons. The molecule has 3 rings (SSSR count). The van der Waals surface area contributed by atoms with Crippen LogP contribution >= 0.6 is 23.5 Å². The molecular weight excluding hydrogens is 352 g/mol. The second kappa shape index (κ2) is 8.45. The Balaban J connectivity index is 1.58. The van der Waals surface area contributed by atoms with Crippen molar-refractivity contribution in [1.82, 2.24) is 5.32 Å². The van der Waals surface area contributed by atoms with Gasteiger partial charge >= 0.3 is 0 Å². The molecule has 1 saturated heterocycles. The molecule has 2 aromatic rings. The van der Waals surface area contributed by atoms with E-state index < -0.39 is 0 Å². The first-order valence-corrected chi connectivity index (χ1v) is 10.2. The molecular formula is C19H20N2O2S2. The van der Waals surface area contributed by atoms with Crippen molar-refractivity contribution in [2.24, 2.45) is 0 Å². The SMILES string of the molecule is CC(=O)Nc1cccc(CNC(=O)c2ccc(C3SCCS3)cc2)c1. The van der Waals surface area contributed by atoms with Crippen molar-refractivity contribution in [3.8, 4) is 0 Å². The maximum Gasteiger partial charge on any atom is 0.251 e. The number of anilines is 1. The van der Waals surface area contributed by atoms with E-state index in [2.05, 4.69) is 10.6 Å². The molecule has 0 saturated carbocycles. The lowest BCUT2D eigenvalue weighted by molar-refractivity contribution is -0.114. The van der Waals surface area contributed by atoms with Crippen molar-refractivity contribution in [2.75, 3.05) is 16.8 Å². The number of amides is 2. The standard InChI is InChI=1S/C19H20N2O2S2/c1-13(22)21-17-4-2-3-14(11-17)12-20-18(23)15-5-7-16(8-6-15)19-24-9-10-25-19/h2-8,11,19H,9-10,12H2,1H3,(H,20,23)(H,21,22). The van der Waals surface area contributed by atoms with Crippen molar-refractivity contribution in [1.29, 1.82) is 0 Å². The summed E-state index contributed by atoms with van der Waals surface area (Å²) >= 11 is 3.91. The number of nitrogens with one attached hydrogen (secondary N) is 2. The Bertz CT molecular complexity index is 756. The van der Waals surface area contributed by atoms with Crippen LogP contribution in [0.15, 0.2) is 48.5 Å². The van der Waals surface area contributed by atoms with E-state index in [4.69, 9.17) is 0 Å². The molecule has 1 fully saturated rings. The Kier molecular flexibility index (Phi) is 6.04. The molecule has 0 unspecified atom stereocenters. The number of hydrogen-bond acceptors (Lipinski definition) is 4. The summed E-state index contributed by atoms with van der Waals surface area (Å²) in [7, 11) is 0. The summed E-state index contributed by atoms with van der Waals surface area (Å²) in [5, 5.41) is 5.66. The summed E-state index contributed by atoms with van der Waals surface area (Å²) in [6, 6.07) is 15.3. The first-order chi connectivity index (χ1) is 12.1. The molecule has 2 N–H and O–H groups in total. The Hall–Kier alpha value is -1.92. The summed E-state index contributed by atoms with van der Waals surface area (Å²) in [6.45, 7) is 1.89. The predicted octanol–water partition coefficient (Wildman–Crippen LogP) is 4.05. The van der Waals surface area contributed by atoms with Gasteiger partial charge in [0.05, 0.1) is 4.58 Å². The van der Waals surface area contributed by atoms with E-state index in [0.717, 1.165) is 11.3 Å². The predicted molar refractivity (Wildman–Crippen MR) is 106 cm³/mol. The van der Waals surface area contributed by atoms with Crippen LogP contribution in [0.3, 0.4) is 0 Å². The topological polar surface area (TPSA) is 58.2 Å². The molecule has 1 aliphatic rings. The van der Waals surface area contributed by atoms with Gasteiger partial charge in [-0.1, -0.05) is 24.3 Å². The third kappa shape index (κ3) is 5.03. The number of hydrogen-bond donors (Lipinski definition) is 2. The van der Waals surface area contributed by atoms with E-state index in [1.54, 1.807) is 0 Å². The van der Waals surface area contributed by atoms with Crippen molar-refractivity contribution in [3.05, 3.63) is 65.2 Å². The van der Waals surface area contributed by atoms with Crippen LogP contribution in [0.1, 0.15) is 33.0 Å². The van der Waals surface area contributed by atoms with Crippen molar-refractivity contribution in [2.45, 2.75) is 18.1 Å². The van der Waals surface area contributed by atoms with Gasteiger partial charge in [0.1, 0.15) is 0 Å². The Labute approximate surface area is 156 Å². The van der Waals surface area contributed by atoms with Gasteiger partial charge in [-0.2, -0.15) is 0 Å². The lowest BCUT2D eigenvalue weighted by Crippen LogP contribution is -2.22. The average molecular weight is 373 g/mol. The van der Waals surface area contributed by atoms with Crippen LogP contribution in [0.5, 0.6) is 0 Å². The highest BCUT2D eigenvalue weighted by Gasteiger charge is 2.18. The van der Waals surface area contributed by atoms with E-state index in [0.29, 0.717) is 16.7 Å². The number of benzene rings is 2. The van der Waals surface area contributed by atoms with Crippen LogP contribution in [0, 0.1) is 0 Å². The zero-order valence-corrected chi connectivity index (χ0v) is 15.6. The first-order valence-electron chi connectivity index (χ1n) is 8.10. The fraction of sp³-hybridized carbons (Fsp3) is 0.263. The lowest BCUT2D eigenvalue weighted by Gasteiger charge is -2.10. The van der Waals surface area contributed by atoms with Crippen molar-refractivity contribution >= 4 is 41.0 Å². The lowest BCUT2D eigenvalue weighted by atomic mass is 10.1. The van der Waals surface area contributed by atoms with Crippen LogP contribution in [0.25, 0.3) is 0 Å². The van der Waals surface area contributed by atoms with E-state index in [1.165, 1.54) is 24.0 Å². The second-order valence-electron chi connectivity index (χ2n) is 5.76. The Morgan fingerprint density at radius 2 is 1.80 bits per heavy atom. The molecule has 25 heavy (non-hydrogen) atoms. The van der Waals surface area contributed by atoms with Crippen LogP contribution < -0.4 is 10.6 Å². The summed E-state index contributed by atoms with van der Waals surface area (Å²) in [5.41, 5.74) is 3.60. The smallest absolute Gasteiger partial charge is 0.251 e. The molecule has 1 aliphatic heterocycles. The van der Waals surface area contributed by atoms with Gasteiger partial charge in [-0.05, 0) is 35.4 Å². The van der Waals surface area contributed by atoms with Crippen molar-refractivity contribution < 1.29 is 9.59 Å². The van der Waals surface area contributed by atoms with E-state index in [-0.39, 0.29) is 11.8 Å². The Morgan fingerprint density at radius 3 is 2.48 bits per heavy atom.